The average molecular weight is 250 g/mol. The highest BCUT2D eigenvalue weighted by molar-refractivity contribution is 9.10. The lowest BCUT2D eigenvalue weighted by Crippen LogP contribution is -1.96. The number of anilines is 1. The first kappa shape index (κ1) is 9.76. The van der Waals surface area contributed by atoms with Crippen LogP contribution in [0.25, 0.3) is 0 Å². The SMILES string of the molecule is Nc1nc(Br)cc(SCCO)n1. The van der Waals surface area contributed by atoms with Crippen LogP contribution in [0.4, 0.5) is 5.95 Å². The molecule has 0 radical (unpaired) electrons. The van der Waals surface area contributed by atoms with Crippen LogP contribution < -0.4 is 5.73 Å². The Morgan fingerprint density at radius 3 is 2.92 bits per heavy atom. The number of hydrogen-bond acceptors (Lipinski definition) is 5. The molecular formula is C6H8BrN3OS. The van der Waals surface area contributed by atoms with E-state index in [9.17, 15) is 0 Å². The van der Waals surface area contributed by atoms with Gasteiger partial charge >= 0.3 is 0 Å². The second-order valence-electron chi connectivity index (χ2n) is 1.96. The second-order valence-corrected chi connectivity index (χ2v) is 3.89. The van der Waals surface area contributed by atoms with E-state index >= 15 is 0 Å². The maximum Gasteiger partial charge on any atom is 0.222 e. The number of aliphatic hydroxyl groups excluding tert-OH is 1. The molecule has 12 heavy (non-hydrogen) atoms. The van der Waals surface area contributed by atoms with Crippen molar-refractivity contribution in [3.63, 3.8) is 0 Å². The van der Waals surface area contributed by atoms with Gasteiger partial charge in [-0.15, -0.1) is 11.8 Å². The summed E-state index contributed by atoms with van der Waals surface area (Å²) in [6.45, 7) is 0.131. The predicted octanol–water partition coefficient (Wildman–Crippen LogP) is 0.906. The number of thioether (sulfide) groups is 1. The van der Waals surface area contributed by atoms with Gasteiger partial charge in [0.2, 0.25) is 5.95 Å². The fourth-order valence-electron chi connectivity index (χ4n) is 0.638. The number of nitrogen functional groups attached to an aromatic ring is 1. The van der Waals surface area contributed by atoms with Gasteiger partial charge in [-0.1, -0.05) is 0 Å². The number of rotatable bonds is 3. The van der Waals surface area contributed by atoms with E-state index in [1.807, 2.05) is 0 Å². The fraction of sp³-hybridized carbons (Fsp3) is 0.333. The third-order valence-electron chi connectivity index (χ3n) is 1.03. The van der Waals surface area contributed by atoms with Crippen molar-refractivity contribution < 1.29 is 5.11 Å². The van der Waals surface area contributed by atoms with E-state index in [1.165, 1.54) is 11.8 Å². The summed E-state index contributed by atoms with van der Waals surface area (Å²) in [5.74, 6) is 0.855. The van der Waals surface area contributed by atoms with Crippen LogP contribution in [-0.4, -0.2) is 27.4 Å². The Labute approximate surface area is 82.7 Å². The molecular weight excluding hydrogens is 242 g/mol. The third kappa shape index (κ3) is 2.96. The molecule has 1 aromatic heterocycles. The first-order valence-corrected chi connectivity index (χ1v) is 5.04. The Hall–Kier alpha value is -0.330. The van der Waals surface area contributed by atoms with Crippen molar-refractivity contribution in [2.75, 3.05) is 18.1 Å². The smallest absolute Gasteiger partial charge is 0.222 e. The summed E-state index contributed by atoms with van der Waals surface area (Å²) in [5, 5.41) is 9.33. The van der Waals surface area contributed by atoms with E-state index in [2.05, 4.69) is 25.9 Å². The van der Waals surface area contributed by atoms with Crippen LogP contribution >= 0.6 is 27.7 Å². The average Bonchev–Trinajstić information content (AvgIpc) is 1.99. The van der Waals surface area contributed by atoms with Gasteiger partial charge in [-0.25, -0.2) is 9.97 Å². The minimum atomic E-state index is 0.131. The van der Waals surface area contributed by atoms with Crippen molar-refractivity contribution in [1.29, 1.82) is 0 Å². The summed E-state index contributed by atoms with van der Waals surface area (Å²) in [4.78, 5) is 7.81. The molecule has 0 saturated heterocycles. The van der Waals surface area contributed by atoms with Gasteiger partial charge < -0.3 is 10.8 Å². The summed E-state index contributed by atoms with van der Waals surface area (Å²) in [5.41, 5.74) is 5.40. The molecule has 0 spiro atoms. The van der Waals surface area contributed by atoms with Gasteiger partial charge in [0.25, 0.3) is 0 Å². The maximum absolute atomic E-state index is 8.56. The zero-order chi connectivity index (χ0) is 8.97. The molecule has 0 aliphatic rings. The molecule has 0 fully saturated rings. The van der Waals surface area contributed by atoms with Gasteiger partial charge in [-0.05, 0) is 15.9 Å². The zero-order valence-electron chi connectivity index (χ0n) is 6.20. The lowest BCUT2D eigenvalue weighted by Gasteiger charge is -1.99. The lowest BCUT2D eigenvalue weighted by molar-refractivity contribution is 0.322. The van der Waals surface area contributed by atoms with Gasteiger partial charge in [-0.2, -0.15) is 0 Å². The quantitative estimate of drug-likeness (QED) is 0.616. The Morgan fingerprint density at radius 2 is 2.33 bits per heavy atom. The molecule has 6 heteroatoms. The molecule has 0 atom stereocenters. The van der Waals surface area contributed by atoms with Gasteiger partial charge in [0, 0.05) is 11.8 Å². The van der Waals surface area contributed by atoms with Crippen molar-refractivity contribution in [2.24, 2.45) is 0 Å². The molecule has 1 aromatic rings. The van der Waals surface area contributed by atoms with Gasteiger partial charge in [0.15, 0.2) is 0 Å². The Morgan fingerprint density at radius 1 is 1.58 bits per heavy atom. The summed E-state index contributed by atoms with van der Waals surface area (Å²) in [6.07, 6.45) is 0. The molecule has 0 saturated carbocycles. The van der Waals surface area contributed by atoms with E-state index in [1.54, 1.807) is 6.07 Å². The van der Waals surface area contributed by atoms with Gasteiger partial charge in [-0.3, -0.25) is 0 Å². The number of aromatic nitrogens is 2. The van der Waals surface area contributed by atoms with E-state index in [4.69, 9.17) is 10.8 Å². The molecule has 0 unspecified atom stereocenters. The third-order valence-corrected chi connectivity index (χ3v) is 2.33. The standard InChI is InChI=1S/C6H8BrN3OS/c7-4-3-5(12-2-1-11)10-6(8)9-4/h3,11H,1-2H2,(H2,8,9,10). The highest BCUT2D eigenvalue weighted by atomic mass is 79.9. The van der Waals surface area contributed by atoms with Crippen molar-refractivity contribution in [2.45, 2.75) is 5.03 Å². The Kier molecular flexibility index (Phi) is 3.77. The normalized spacial score (nSPS) is 10.2. The van der Waals surface area contributed by atoms with Gasteiger partial charge in [0.05, 0.1) is 6.61 Å². The number of aliphatic hydroxyl groups is 1. The van der Waals surface area contributed by atoms with Crippen LogP contribution in [0.15, 0.2) is 15.7 Å². The molecule has 3 N–H and O–H groups in total. The Bertz CT molecular complexity index is 251. The highest BCUT2D eigenvalue weighted by Gasteiger charge is 1.99. The molecule has 1 heterocycles. The van der Waals surface area contributed by atoms with Crippen LogP contribution in [0.1, 0.15) is 0 Å². The van der Waals surface area contributed by atoms with Crippen molar-refractivity contribution in [1.82, 2.24) is 9.97 Å². The lowest BCUT2D eigenvalue weighted by atomic mass is 10.7. The number of nitrogens with zero attached hydrogens (tertiary/aromatic N) is 2. The molecule has 0 amide bonds. The van der Waals surface area contributed by atoms with Crippen molar-refractivity contribution >= 4 is 33.6 Å². The van der Waals surface area contributed by atoms with Gasteiger partial charge in [0.1, 0.15) is 9.63 Å². The molecule has 4 nitrogen and oxygen atoms in total. The second kappa shape index (κ2) is 4.64. The molecule has 0 aromatic carbocycles. The monoisotopic (exact) mass is 249 g/mol. The van der Waals surface area contributed by atoms with E-state index < -0.39 is 0 Å². The van der Waals surface area contributed by atoms with Crippen LogP contribution in [-0.2, 0) is 0 Å². The number of halogens is 1. The number of nitrogens with two attached hydrogens (primary N) is 1. The van der Waals surface area contributed by atoms with Crippen LogP contribution in [0.2, 0.25) is 0 Å². The van der Waals surface area contributed by atoms with E-state index in [-0.39, 0.29) is 12.6 Å². The summed E-state index contributed by atoms with van der Waals surface area (Å²) in [6, 6.07) is 1.76. The maximum atomic E-state index is 8.56. The zero-order valence-corrected chi connectivity index (χ0v) is 8.60. The fourth-order valence-corrected chi connectivity index (χ4v) is 1.84. The molecule has 66 valence electrons. The minimum absolute atomic E-state index is 0.131. The Balaban J connectivity index is 2.72. The van der Waals surface area contributed by atoms with Crippen molar-refractivity contribution in [3.05, 3.63) is 10.7 Å². The largest absolute Gasteiger partial charge is 0.396 e. The first-order chi connectivity index (χ1) is 5.72. The highest BCUT2D eigenvalue weighted by Crippen LogP contribution is 2.18. The van der Waals surface area contributed by atoms with E-state index in [0.717, 1.165) is 5.03 Å². The number of hydrogen-bond donors (Lipinski definition) is 2. The molecule has 0 aliphatic heterocycles. The summed E-state index contributed by atoms with van der Waals surface area (Å²) in [7, 11) is 0. The van der Waals surface area contributed by atoms with Crippen molar-refractivity contribution in [3.8, 4) is 0 Å². The topological polar surface area (TPSA) is 72.0 Å². The van der Waals surface area contributed by atoms with Crippen LogP contribution in [0, 0.1) is 0 Å². The van der Waals surface area contributed by atoms with E-state index in [0.29, 0.717) is 10.4 Å². The molecule has 0 bridgehead atoms. The molecule has 1 rings (SSSR count). The predicted molar refractivity (Wildman–Crippen MR) is 52.0 cm³/mol. The van der Waals surface area contributed by atoms with Crippen LogP contribution in [0.5, 0.6) is 0 Å². The molecule has 0 aliphatic carbocycles. The summed E-state index contributed by atoms with van der Waals surface area (Å²) < 4.78 is 0.662. The first-order valence-electron chi connectivity index (χ1n) is 3.26. The summed E-state index contributed by atoms with van der Waals surface area (Å²) >= 11 is 4.64. The van der Waals surface area contributed by atoms with Crippen LogP contribution in [0.3, 0.4) is 0 Å². The minimum Gasteiger partial charge on any atom is -0.396 e.